The predicted molar refractivity (Wildman–Crippen MR) is 89.5 cm³/mol. The molecule has 1 amide bonds. The molecule has 0 aliphatic rings. The van der Waals surface area contributed by atoms with Gasteiger partial charge in [0.1, 0.15) is 5.56 Å². The second-order valence-corrected chi connectivity index (χ2v) is 5.76. The van der Waals surface area contributed by atoms with Crippen molar-refractivity contribution in [3.63, 3.8) is 0 Å². The van der Waals surface area contributed by atoms with E-state index in [1.54, 1.807) is 13.0 Å². The van der Waals surface area contributed by atoms with Gasteiger partial charge >= 0.3 is 6.18 Å². The normalized spacial score (nSPS) is 11.4. The SMILES string of the molecule is Cc1cc(CNC(=O)c2cccn(-c3cccc(C(F)(F)F)c3)c2=O)on1. The highest BCUT2D eigenvalue weighted by Crippen LogP contribution is 2.30. The van der Waals surface area contributed by atoms with E-state index in [1.165, 1.54) is 30.5 Å². The minimum Gasteiger partial charge on any atom is -0.359 e. The molecule has 27 heavy (non-hydrogen) atoms. The van der Waals surface area contributed by atoms with Crippen LogP contribution in [0.25, 0.3) is 5.69 Å². The first kappa shape index (κ1) is 18.4. The number of aromatic nitrogens is 2. The number of nitrogens with zero attached hydrogens (tertiary/aromatic N) is 2. The Hall–Kier alpha value is -3.36. The van der Waals surface area contributed by atoms with Crippen molar-refractivity contribution in [3.05, 3.63) is 81.6 Å². The van der Waals surface area contributed by atoms with Crippen LogP contribution >= 0.6 is 0 Å². The highest BCUT2D eigenvalue weighted by atomic mass is 19.4. The summed E-state index contributed by atoms with van der Waals surface area (Å²) < 4.78 is 44.6. The Balaban J connectivity index is 1.88. The topological polar surface area (TPSA) is 77.1 Å². The van der Waals surface area contributed by atoms with Gasteiger partial charge in [-0.15, -0.1) is 0 Å². The molecule has 0 fully saturated rings. The number of aryl methyl sites for hydroxylation is 1. The number of amides is 1. The molecular weight excluding hydrogens is 363 g/mol. The number of pyridine rings is 1. The molecule has 2 aromatic heterocycles. The molecule has 1 aromatic carbocycles. The first-order chi connectivity index (χ1) is 12.8. The van der Waals surface area contributed by atoms with E-state index in [0.717, 1.165) is 16.7 Å². The molecule has 1 N–H and O–H groups in total. The Bertz CT molecular complexity index is 1040. The Labute approximate surface area is 151 Å². The average molecular weight is 377 g/mol. The molecule has 0 aliphatic heterocycles. The number of rotatable bonds is 4. The van der Waals surface area contributed by atoms with Crippen LogP contribution in [0.5, 0.6) is 0 Å². The molecule has 0 atom stereocenters. The van der Waals surface area contributed by atoms with E-state index >= 15 is 0 Å². The third kappa shape index (κ3) is 4.08. The standard InChI is InChI=1S/C18H14F3N3O3/c1-11-8-14(27-23-11)10-22-16(25)15-6-3-7-24(17(15)26)13-5-2-4-12(9-13)18(19,20)21/h2-9H,10H2,1H3,(H,22,25). The smallest absolute Gasteiger partial charge is 0.359 e. The zero-order chi connectivity index (χ0) is 19.6. The Morgan fingerprint density at radius 2 is 2.00 bits per heavy atom. The Kier molecular flexibility index (Phi) is 4.85. The highest BCUT2D eigenvalue weighted by molar-refractivity contribution is 5.93. The van der Waals surface area contributed by atoms with Gasteiger partial charge in [0.15, 0.2) is 5.76 Å². The van der Waals surface area contributed by atoms with E-state index in [4.69, 9.17) is 4.52 Å². The second kappa shape index (κ2) is 7.10. The highest BCUT2D eigenvalue weighted by Gasteiger charge is 2.30. The van der Waals surface area contributed by atoms with Gasteiger partial charge in [0.05, 0.1) is 17.8 Å². The molecule has 0 bridgehead atoms. The zero-order valence-electron chi connectivity index (χ0n) is 14.1. The van der Waals surface area contributed by atoms with E-state index in [0.29, 0.717) is 11.5 Å². The summed E-state index contributed by atoms with van der Waals surface area (Å²) in [4.78, 5) is 24.9. The summed E-state index contributed by atoms with van der Waals surface area (Å²) in [6.07, 6.45) is -3.24. The minimum atomic E-state index is -4.54. The van der Waals surface area contributed by atoms with Crippen LogP contribution < -0.4 is 10.9 Å². The van der Waals surface area contributed by atoms with E-state index in [1.807, 2.05) is 0 Å². The molecule has 2 heterocycles. The van der Waals surface area contributed by atoms with Crippen LogP contribution in [0.15, 0.2) is 58.0 Å². The van der Waals surface area contributed by atoms with Crippen molar-refractivity contribution in [2.24, 2.45) is 0 Å². The monoisotopic (exact) mass is 377 g/mol. The Morgan fingerprint density at radius 1 is 1.22 bits per heavy atom. The van der Waals surface area contributed by atoms with E-state index in [-0.39, 0.29) is 17.8 Å². The average Bonchev–Trinajstić information content (AvgIpc) is 3.04. The largest absolute Gasteiger partial charge is 0.416 e. The van der Waals surface area contributed by atoms with E-state index < -0.39 is 23.2 Å². The van der Waals surface area contributed by atoms with Gasteiger partial charge < -0.3 is 9.84 Å². The molecular formula is C18H14F3N3O3. The van der Waals surface area contributed by atoms with Crippen LogP contribution in [0.3, 0.4) is 0 Å². The van der Waals surface area contributed by atoms with Crippen molar-refractivity contribution >= 4 is 5.91 Å². The number of alkyl halides is 3. The van der Waals surface area contributed by atoms with Gasteiger partial charge in [-0.25, -0.2) is 0 Å². The third-order valence-corrected chi connectivity index (χ3v) is 3.74. The lowest BCUT2D eigenvalue weighted by Gasteiger charge is -2.11. The van der Waals surface area contributed by atoms with Crippen molar-refractivity contribution in [1.29, 1.82) is 0 Å². The molecule has 3 rings (SSSR count). The summed E-state index contributed by atoms with van der Waals surface area (Å²) in [5.74, 6) is -0.259. The molecule has 0 saturated carbocycles. The van der Waals surface area contributed by atoms with Crippen LogP contribution in [-0.4, -0.2) is 15.6 Å². The first-order valence-electron chi connectivity index (χ1n) is 7.85. The number of hydrogen-bond acceptors (Lipinski definition) is 4. The summed E-state index contributed by atoms with van der Waals surface area (Å²) in [6.45, 7) is 1.75. The molecule has 140 valence electrons. The summed E-state index contributed by atoms with van der Waals surface area (Å²) in [7, 11) is 0. The lowest BCUT2D eigenvalue weighted by Crippen LogP contribution is -2.32. The number of benzene rings is 1. The van der Waals surface area contributed by atoms with Gasteiger partial charge in [-0.1, -0.05) is 11.2 Å². The molecule has 6 nitrogen and oxygen atoms in total. The molecule has 0 aliphatic carbocycles. The Morgan fingerprint density at radius 3 is 2.67 bits per heavy atom. The summed E-state index contributed by atoms with van der Waals surface area (Å²) in [5.41, 5.74) is -1.17. The maximum atomic E-state index is 12.9. The maximum Gasteiger partial charge on any atom is 0.416 e. The number of halogens is 3. The van der Waals surface area contributed by atoms with Crippen LogP contribution in [0.1, 0.15) is 27.4 Å². The molecule has 0 radical (unpaired) electrons. The number of hydrogen-bond donors (Lipinski definition) is 1. The fraction of sp³-hybridized carbons (Fsp3) is 0.167. The molecule has 9 heteroatoms. The van der Waals surface area contributed by atoms with Gasteiger partial charge in [-0.3, -0.25) is 14.2 Å². The maximum absolute atomic E-state index is 12.9. The quantitative estimate of drug-likeness (QED) is 0.758. The second-order valence-electron chi connectivity index (χ2n) is 5.76. The predicted octanol–water partition coefficient (Wildman–Crippen LogP) is 3.08. The van der Waals surface area contributed by atoms with E-state index in [9.17, 15) is 22.8 Å². The number of carbonyl (C=O) groups is 1. The van der Waals surface area contributed by atoms with E-state index in [2.05, 4.69) is 10.5 Å². The van der Waals surface area contributed by atoms with Gasteiger partial charge in [0, 0.05) is 18.0 Å². The zero-order valence-corrected chi connectivity index (χ0v) is 14.1. The number of nitrogens with one attached hydrogen (secondary N) is 1. The fourth-order valence-electron chi connectivity index (χ4n) is 2.46. The van der Waals surface area contributed by atoms with Crippen molar-refractivity contribution in [2.75, 3.05) is 0 Å². The van der Waals surface area contributed by atoms with Gasteiger partial charge in [-0.2, -0.15) is 13.2 Å². The van der Waals surface area contributed by atoms with Crippen molar-refractivity contribution in [3.8, 4) is 5.69 Å². The van der Waals surface area contributed by atoms with Crippen molar-refractivity contribution in [2.45, 2.75) is 19.6 Å². The number of carbonyl (C=O) groups excluding carboxylic acids is 1. The first-order valence-corrected chi connectivity index (χ1v) is 7.85. The van der Waals surface area contributed by atoms with Crippen molar-refractivity contribution < 1.29 is 22.5 Å². The molecule has 0 unspecified atom stereocenters. The van der Waals surface area contributed by atoms with Gasteiger partial charge in [-0.05, 0) is 37.3 Å². The lowest BCUT2D eigenvalue weighted by molar-refractivity contribution is -0.137. The molecule has 0 spiro atoms. The summed E-state index contributed by atoms with van der Waals surface area (Å²) >= 11 is 0. The van der Waals surface area contributed by atoms with Crippen molar-refractivity contribution in [1.82, 2.24) is 15.0 Å². The summed E-state index contributed by atoms with van der Waals surface area (Å²) in [6, 6.07) is 8.65. The lowest BCUT2D eigenvalue weighted by atomic mass is 10.2. The van der Waals surface area contributed by atoms with Crippen LogP contribution in [-0.2, 0) is 12.7 Å². The van der Waals surface area contributed by atoms with Crippen LogP contribution in [0, 0.1) is 6.92 Å². The third-order valence-electron chi connectivity index (χ3n) is 3.74. The van der Waals surface area contributed by atoms with Gasteiger partial charge in [0.25, 0.3) is 11.5 Å². The van der Waals surface area contributed by atoms with Crippen LogP contribution in [0.4, 0.5) is 13.2 Å². The summed E-state index contributed by atoms with van der Waals surface area (Å²) in [5, 5.41) is 6.20. The minimum absolute atomic E-state index is 0.00957. The molecule has 3 aromatic rings. The molecule has 0 saturated heterocycles. The fourth-order valence-corrected chi connectivity index (χ4v) is 2.46. The van der Waals surface area contributed by atoms with Crippen LogP contribution in [0.2, 0.25) is 0 Å². The van der Waals surface area contributed by atoms with Gasteiger partial charge in [0.2, 0.25) is 0 Å².